The highest BCUT2D eigenvalue weighted by Gasteiger charge is 2.09. The molecular formula is C21H18N6O2. The third-order valence-corrected chi connectivity index (χ3v) is 4.30. The first-order valence-corrected chi connectivity index (χ1v) is 8.98. The molecule has 0 bridgehead atoms. The number of hydrogen-bond donors (Lipinski definition) is 2. The Balaban J connectivity index is 1.54. The molecule has 4 aromatic rings. The number of nitrogens with one attached hydrogen (secondary N) is 2. The number of nitrogens with zero attached hydrogens (tertiary/aromatic N) is 4. The molecule has 0 aliphatic rings. The lowest BCUT2D eigenvalue weighted by molar-refractivity contribution is -0.114. The molecule has 0 saturated heterocycles. The molecule has 0 atom stereocenters. The van der Waals surface area contributed by atoms with Crippen LogP contribution in [0.2, 0.25) is 0 Å². The van der Waals surface area contributed by atoms with Crippen LogP contribution in [0, 0.1) is 6.92 Å². The molecule has 2 N–H and O–H groups in total. The lowest BCUT2D eigenvalue weighted by Crippen LogP contribution is -2.12. The van der Waals surface area contributed by atoms with E-state index in [2.05, 4.69) is 25.9 Å². The van der Waals surface area contributed by atoms with Gasteiger partial charge in [0.15, 0.2) is 11.5 Å². The molecule has 2 aromatic carbocycles. The van der Waals surface area contributed by atoms with E-state index >= 15 is 0 Å². The topological polar surface area (TPSA) is 101 Å². The van der Waals surface area contributed by atoms with Crippen LogP contribution in [-0.2, 0) is 4.79 Å². The predicted molar refractivity (Wildman–Crippen MR) is 110 cm³/mol. The first kappa shape index (κ1) is 18.3. The molecule has 8 nitrogen and oxygen atoms in total. The van der Waals surface area contributed by atoms with E-state index in [1.165, 1.54) is 6.92 Å². The van der Waals surface area contributed by atoms with Crippen LogP contribution in [0.5, 0.6) is 0 Å². The molecule has 0 spiro atoms. The van der Waals surface area contributed by atoms with Crippen LogP contribution in [0.1, 0.15) is 23.1 Å². The van der Waals surface area contributed by atoms with E-state index in [0.29, 0.717) is 28.4 Å². The number of hydrogen-bond acceptors (Lipinski definition) is 5. The van der Waals surface area contributed by atoms with E-state index in [0.717, 1.165) is 11.3 Å². The van der Waals surface area contributed by atoms with Gasteiger partial charge in [0, 0.05) is 29.4 Å². The quantitative estimate of drug-likeness (QED) is 0.560. The number of aryl methyl sites for hydroxylation is 1. The van der Waals surface area contributed by atoms with Crippen LogP contribution in [0.15, 0.2) is 60.7 Å². The number of anilines is 2. The fourth-order valence-corrected chi connectivity index (χ4v) is 2.92. The second kappa shape index (κ2) is 7.51. The SMILES string of the molecule is CC(=O)Nc1ccc(C(=O)Nc2cccc(-c3ccc4nnc(C)n4n3)c2)cc1. The van der Waals surface area contributed by atoms with Crippen molar-refractivity contribution < 1.29 is 9.59 Å². The van der Waals surface area contributed by atoms with Gasteiger partial charge in [-0.3, -0.25) is 9.59 Å². The molecule has 2 heterocycles. The number of carbonyl (C=O) groups is 2. The minimum atomic E-state index is -0.241. The summed E-state index contributed by atoms with van der Waals surface area (Å²) < 4.78 is 1.68. The third kappa shape index (κ3) is 3.96. The monoisotopic (exact) mass is 386 g/mol. The van der Waals surface area contributed by atoms with Crippen LogP contribution >= 0.6 is 0 Å². The molecule has 0 aliphatic carbocycles. The number of fused-ring (bicyclic) bond motifs is 1. The highest BCUT2D eigenvalue weighted by atomic mass is 16.2. The molecule has 144 valence electrons. The number of aromatic nitrogens is 4. The number of amides is 2. The van der Waals surface area contributed by atoms with Crippen LogP contribution in [0.4, 0.5) is 11.4 Å². The van der Waals surface area contributed by atoms with Crippen LogP contribution in [-0.4, -0.2) is 31.6 Å². The fraction of sp³-hybridized carbons (Fsp3) is 0.0952. The molecule has 0 saturated carbocycles. The Morgan fingerprint density at radius 1 is 0.897 bits per heavy atom. The van der Waals surface area contributed by atoms with Gasteiger partial charge in [-0.2, -0.15) is 9.61 Å². The van der Waals surface area contributed by atoms with Crippen molar-refractivity contribution in [1.82, 2.24) is 19.8 Å². The summed E-state index contributed by atoms with van der Waals surface area (Å²) >= 11 is 0. The Morgan fingerprint density at radius 3 is 2.45 bits per heavy atom. The second-order valence-electron chi connectivity index (χ2n) is 6.53. The summed E-state index contributed by atoms with van der Waals surface area (Å²) in [6.07, 6.45) is 0. The molecular weight excluding hydrogens is 368 g/mol. The van der Waals surface area contributed by atoms with Gasteiger partial charge >= 0.3 is 0 Å². The van der Waals surface area contributed by atoms with Crippen LogP contribution in [0.3, 0.4) is 0 Å². The molecule has 2 aromatic heterocycles. The summed E-state index contributed by atoms with van der Waals surface area (Å²) in [5, 5.41) is 18.2. The highest BCUT2D eigenvalue weighted by molar-refractivity contribution is 6.04. The van der Waals surface area contributed by atoms with Crippen molar-refractivity contribution in [3.8, 4) is 11.3 Å². The van der Waals surface area contributed by atoms with Crippen molar-refractivity contribution in [2.24, 2.45) is 0 Å². The molecule has 0 radical (unpaired) electrons. The van der Waals surface area contributed by atoms with Crippen LogP contribution < -0.4 is 10.6 Å². The smallest absolute Gasteiger partial charge is 0.255 e. The van der Waals surface area contributed by atoms with E-state index in [1.54, 1.807) is 28.8 Å². The van der Waals surface area contributed by atoms with Gasteiger partial charge in [-0.1, -0.05) is 12.1 Å². The van der Waals surface area contributed by atoms with E-state index in [-0.39, 0.29) is 11.8 Å². The van der Waals surface area contributed by atoms with Gasteiger partial charge in [-0.15, -0.1) is 10.2 Å². The minimum Gasteiger partial charge on any atom is -0.326 e. The number of carbonyl (C=O) groups excluding carboxylic acids is 2. The Morgan fingerprint density at radius 2 is 1.69 bits per heavy atom. The van der Waals surface area contributed by atoms with E-state index in [9.17, 15) is 9.59 Å². The second-order valence-corrected chi connectivity index (χ2v) is 6.53. The minimum absolute atomic E-state index is 0.160. The molecule has 8 heteroatoms. The van der Waals surface area contributed by atoms with E-state index in [1.807, 2.05) is 43.3 Å². The van der Waals surface area contributed by atoms with Gasteiger partial charge in [0.25, 0.3) is 5.91 Å². The number of rotatable bonds is 4. The normalized spacial score (nSPS) is 10.7. The first-order valence-electron chi connectivity index (χ1n) is 8.98. The van der Waals surface area contributed by atoms with Gasteiger partial charge in [0.1, 0.15) is 0 Å². The summed E-state index contributed by atoms with van der Waals surface area (Å²) in [5.74, 6) is 0.302. The molecule has 4 rings (SSSR count). The molecule has 0 aliphatic heterocycles. The van der Waals surface area contributed by atoms with Crippen molar-refractivity contribution in [2.45, 2.75) is 13.8 Å². The van der Waals surface area contributed by atoms with Gasteiger partial charge in [-0.25, -0.2) is 0 Å². The maximum atomic E-state index is 12.5. The van der Waals surface area contributed by atoms with Gasteiger partial charge in [-0.05, 0) is 55.5 Å². The third-order valence-electron chi connectivity index (χ3n) is 4.30. The van der Waals surface area contributed by atoms with E-state index in [4.69, 9.17) is 0 Å². The maximum absolute atomic E-state index is 12.5. The lowest BCUT2D eigenvalue weighted by atomic mass is 10.1. The number of benzene rings is 2. The average Bonchev–Trinajstić information content (AvgIpc) is 3.08. The van der Waals surface area contributed by atoms with Crippen molar-refractivity contribution >= 4 is 28.8 Å². The standard InChI is InChI=1S/C21H18N6O2/c1-13-24-25-20-11-10-19(26-27(13)20)16-4-3-5-18(12-16)23-21(29)15-6-8-17(9-7-15)22-14(2)28/h3-12H,1-2H3,(H,22,28)(H,23,29). The fourth-order valence-electron chi connectivity index (χ4n) is 2.92. The van der Waals surface area contributed by atoms with Gasteiger partial charge in [0.05, 0.1) is 5.69 Å². The Labute approximate surface area is 166 Å². The predicted octanol–water partition coefficient (Wildman–Crippen LogP) is 3.31. The highest BCUT2D eigenvalue weighted by Crippen LogP contribution is 2.22. The van der Waals surface area contributed by atoms with Crippen molar-refractivity contribution in [3.05, 3.63) is 72.1 Å². The average molecular weight is 386 g/mol. The van der Waals surface area contributed by atoms with E-state index < -0.39 is 0 Å². The summed E-state index contributed by atoms with van der Waals surface area (Å²) in [7, 11) is 0. The molecule has 29 heavy (non-hydrogen) atoms. The molecule has 0 unspecified atom stereocenters. The Hall–Kier alpha value is -4.07. The van der Waals surface area contributed by atoms with Gasteiger partial charge in [0.2, 0.25) is 5.91 Å². The summed E-state index contributed by atoms with van der Waals surface area (Å²) in [4.78, 5) is 23.6. The summed E-state index contributed by atoms with van der Waals surface area (Å²) in [6.45, 7) is 3.27. The maximum Gasteiger partial charge on any atom is 0.255 e. The Kier molecular flexibility index (Phi) is 4.74. The van der Waals surface area contributed by atoms with Gasteiger partial charge < -0.3 is 10.6 Å². The largest absolute Gasteiger partial charge is 0.326 e. The van der Waals surface area contributed by atoms with Crippen LogP contribution in [0.25, 0.3) is 16.9 Å². The summed E-state index contributed by atoms with van der Waals surface area (Å²) in [6, 6.07) is 17.9. The van der Waals surface area contributed by atoms with Crippen molar-refractivity contribution in [2.75, 3.05) is 10.6 Å². The zero-order valence-electron chi connectivity index (χ0n) is 15.9. The molecule has 0 fully saturated rings. The first-order chi connectivity index (χ1) is 14.0. The zero-order valence-corrected chi connectivity index (χ0v) is 15.9. The lowest BCUT2D eigenvalue weighted by Gasteiger charge is -2.08. The molecule has 2 amide bonds. The summed E-state index contributed by atoms with van der Waals surface area (Å²) in [5.41, 5.74) is 4.07. The van der Waals surface area contributed by atoms with Crippen molar-refractivity contribution in [3.63, 3.8) is 0 Å². The zero-order chi connectivity index (χ0) is 20.4. The van der Waals surface area contributed by atoms with Crippen molar-refractivity contribution in [1.29, 1.82) is 0 Å². The Bertz CT molecular complexity index is 1210.